The zero-order chi connectivity index (χ0) is 28.1. The maximum atomic E-state index is 14.2. The smallest absolute Gasteiger partial charge is 0.342 e. The highest BCUT2D eigenvalue weighted by molar-refractivity contribution is 6.30. The fourth-order valence-electron chi connectivity index (χ4n) is 6.29. The highest BCUT2D eigenvalue weighted by atomic mass is 35.5. The minimum absolute atomic E-state index is 0.0349. The summed E-state index contributed by atoms with van der Waals surface area (Å²) in [5, 5.41) is 7.58. The second kappa shape index (κ2) is 10.6. The van der Waals surface area contributed by atoms with E-state index in [-0.39, 0.29) is 30.1 Å². The topological polar surface area (TPSA) is 76.7 Å². The first-order chi connectivity index (χ1) is 18.4. The number of halogens is 4. The molecule has 39 heavy (non-hydrogen) atoms. The summed E-state index contributed by atoms with van der Waals surface area (Å²) in [6, 6.07) is 9.65. The Balaban J connectivity index is 1.36. The molecule has 5 rings (SSSR count). The Labute approximate surface area is 231 Å². The molecule has 0 radical (unpaired) electrons. The first-order valence-corrected chi connectivity index (χ1v) is 13.6. The lowest BCUT2D eigenvalue weighted by Gasteiger charge is -2.47. The second-order valence-electron chi connectivity index (χ2n) is 11.0. The van der Waals surface area contributed by atoms with Crippen LogP contribution in [-0.2, 0) is 9.59 Å². The fraction of sp³-hybridized carbons (Fsp3) is 0.500. The molecule has 3 saturated heterocycles. The van der Waals surface area contributed by atoms with E-state index in [1.54, 1.807) is 18.2 Å². The van der Waals surface area contributed by atoms with Crippen LogP contribution in [0.5, 0.6) is 0 Å². The molecule has 3 aliphatic heterocycles. The van der Waals surface area contributed by atoms with Crippen molar-refractivity contribution in [2.75, 3.05) is 30.5 Å². The molecule has 11 heteroatoms. The van der Waals surface area contributed by atoms with Gasteiger partial charge in [0.05, 0.1) is 17.5 Å². The van der Waals surface area contributed by atoms with Gasteiger partial charge in [0.15, 0.2) is 6.04 Å². The van der Waals surface area contributed by atoms with E-state index in [0.717, 1.165) is 29.1 Å². The quantitative estimate of drug-likeness (QED) is 0.512. The number of anilines is 2. The number of alkyl halides is 3. The van der Waals surface area contributed by atoms with E-state index < -0.39 is 24.0 Å². The van der Waals surface area contributed by atoms with Crippen molar-refractivity contribution < 1.29 is 22.8 Å². The lowest BCUT2D eigenvalue weighted by molar-refractivity contribution is -0.159. The minimum Gasteiger partial charge on any atom is -0.342 e. The molecule has 3 heterocycles. The normalized spacial score (nSPS) is 29.4. The van der Waals surface area contributed by atoms with Crippen LogP contribution in [-0.4, -0.2) is 61.2 Å². The molecule has 0 aliphatic carbocycles. The molecule has 0 aromatic heterocycles. The van der Waals surface area contributed by atoms with Gasteiger partial charge in [0.25, 0.3) is 0 Å². The third-order valence-corrected chi connectivity index (χ3v) is 8.64. The number of likely N-dealkylation sites (N-methyl/N-ethyl adjacent to an activating group) is 1. The Morgan fingerprint density at radius 2 is 1.82 bits per heavy atom. The second-order valence-corrected chi connectivity index (χ2v) is 11.4. The molecule has 3 fully saturated rings. The van der Waals surface area contributed by atoms with Gasteiger partial charge in [-0.1, -0.05) is 17.7 Å². The summed E-state index contributed by atoms with van der Waals surface area (Å²) in [5.41, 5.74) is 5.07. The molecular formula is C28H33ClF3N5O2. The third kappa shape index (κ3) is 5.47. The highest BCUT2D eigenvalue weighted by Gasteiger charge is 2.55. The Morgan fingerprint density at radius 3 is 2.51 bits per heavy atom. The van der Waals surface area contributed by atoms with Crippen molar-refractivity contribution in [2.24, 2.45) is 11.8 Å². The number of carbonyl (C=O) groups excluding carboxylic acids is 2. The standard InChI is InChI=1S/C28H33ClF3N5O2/c1-15-4-7-19(12-21(15)22-11-17-13-33-16(2)10-24(17)36(3)27(22)39)35-26(38)23-14-34-37(25(23)28(30,31)32)20-8-5-18(29)6-9-20/h4-9,12,16-17,22-25,33-34H,10-11,13-14H2,1-3H3,(H,35,38). The Hall–Kier alpha value is -2.82. The third-order valence-electron chi connectivity index (χ3n) is 8.39. The van der Waals surface area contributed by atoms with Crippen molar-refractivity contribution in [1.29, 1.82) is 0 Å². The summed E-state index contributed by atoms with van der Waals surface area (Å²) in [4.78, 5) is 28.5. The minimum atomic E-state index is -4.66. The molecule has 2 aromatic rings. The molecular weight excluding hydrogens is 531 g/mol. The van der Waals surface area contributed by atoms with Gasteiger partial charge in [0.1, 0.15) is 0 Å². The van der Waals surface area contributed by atoms with E-state index in [2.05, 4.69) is 23.0 Å². The van der Waals surface area contributed by atoms with E-state index in [9.17, 15) is 22.8 Å². The number of aryl methyl sites for hydroxylation is 1. The Kier molecular flexibility index (Phi) is 7.56. The number of carbonyl (C=O) groups is 2. The van der Waals surface area contributed by atoms with E-state index in [1.165, 1.54) is 24.3 Å². The van der Waals surface area contributed by atoms with Crippen LogP contribution in [0.1, 0.15) is 36.8 Å². The number of fused-ring (bicyclic) bond motifs is 1. The van der Waals surface area contributed by atoms with Crippen molar-refractivity contribution in [2.45, 2.75) is 56.9 Å². The summed E-state index contributed by atoms with van der Waals surface area (Å²) in [5.74, 6) is -2.16. The van der Waals surface area contributed by atoms with Crippen LogP contribution in [0.2, 0.25) is 5.02 Å². The molecule has 210 valence electrons. The number of rotatable bonds is 4. The fourth-order valence-corrected chi connectivity index (χ4v) is 6.42. The number of nitrogens with zero attached hydrogens (tertiary/aromatic N) is 2. The predicted octanol–water partition coefficient (Wildman–Crippen LogP) is 4.47. The molecule has 3 aliphatic rings. The molecule has 0 spiro atoms. The number of benzene rings is 2. The number of likely N-dealkylation sites (tertiary alicyclic amines) is 1. The Morgan fingerprint density at radius 1 is 1.10 bits per heavy atom. The maximum absolute atomic E-state index is 14.2. The highest BCUT2D eigenvalue weighted by Crippen LogP contribution is 2.40. The van der Waals surface area contributed by atoms with Crippen molar-refractivity contribution in [1.82, 2.24) is 15.6 Å². The zero-order valence-corrected chi connectivity index (χ0v) is 22.8. The molecule has 6 atom stereocenters. The predicted molar refractivity (Wildman–Crippen MR) is 145 cm³/mol. The van der Waals surface area contributed by atoms with Crippen LogP contribution in [0.3, 0.4) is 0 Å². The van der Waals surface area contributed by atoms with Crippen LogP contribution >= 0.6 is 11.6 Å². The van der Waals surface area contributed by atoms with Crippen LogP contribution in [0.25, 0.3) is 0 Å². The van der Waals surface area contributed by atoms with E-state index in [0.29, 0.717) is 29.1 Å². The van der Waals surface area contributed by atoms with Crippen molar-refractivity contribution in [3.8, 4) is 0 Å². The van der Waals surface area contributed by atoms with Gasteiger partial charge in [-0.2, -0.15) is 13.2 Å². The number of nitrogens with one attached hydrogen (secondary N) is 3. The molecule has 0 bridgehead atoms. The van der Waals surface area contributed by atoms with Crippen molar-refractivity contribution in [3.63, 3.8) is 0 Å². The SMILES string of the molecule is Cc1ccc(NC(=O)C2CNN(c3ccc(Cl)cc3)C2C(F)(F)F)cc1C1CC2CNC(C)CC2N(C)C1=O. The molecule has 2 amide bonds. The van der Waals surface area contributed by atoms with Crippen LogP contribution in [0, 0.1) is 18.8 Å². The lowest BCUT2D eigenvalue weighted by atomic mass is 9.75. The number of hydrazine groups is 1. The summed E-state index contributed by atoms with van der Waals surface area (Å²) < 4.78 is 42.6. The van der Waals surface area contributed by atoms with E-state index >= 15 is 0 Å². The zero-order valence-electron chi connectivity index (χ0n) is 22.1. The number of piperidine rings is 2. The average molecular weight is 564 g/mol. The first-order valence-electron chi connectivity index (χ1n) is 13.2. The van der Waals surface area contributed by atoms with Crippen molar-refractivity contribution in [3.05, 3.63) is 58.6 Å². The molecule has 7 nitrogen and oxygen atoms in total. The largest absolute Gasteiger partial charge is 0.411 e. The van der Waals surface area contributed by atoms with Crippen LogP contribution < -0.4 is 21.1 Å². The van der Waals surface area contributed by atoms with Crippen LogP contribution in [0.15, 0.2) is 42.5 Å². The molecule has 0 saturated carbocycles. The number of amides is 2. The van der Waals surface area contributed by atoms with Gasteiger partial charge in [0.2, 0.25) is 11.8 Å². The Bertz CT molecular complexity index is 1240. The summed E-state index contributed by atoms with van der Waals surface area (Å²) in [6.45, 7) is 4.67. The van der Waals surface area contributed by atoms with E-state index in [1.807, 2.05) is 18.9 Å². The number of hydrogen-bond donors (Lipinski definition) is 3. The maximum Gasteiger partial charge on any atom is 0.411 e. The van der Waals surface area contributed by atoms with Crippen molar-refractivity contribution >= 4 is 34.8 Å². The van der Waals surface area contributed by atoms with E-state index in [4.69, 9.17) is 11.6 Å². The van der Waals surface area contributed by atoms with Gasteiger partial charge in [-0.15, -0.1) is 0 Å². The van der Waals surface area contributed by atoms with Gasteiger partial charge in [-0.25, -0.2) is 5.43 Å². The summed E-state index contributed by atoms with van der Waals surface area (Å²) in [6.07, 6.45) is -3.08. The van der Waals surface area contributed by atoms with Gasteiger partial charge >= 0.3 is 6.18 Å². The van der Waals surface area contributed by atoms with Gasteiger partial charge in [-0.05, 0) is 80.1 Å². The molecule has 6 unspecified atom stereocenters. The number of hydrogen-bond acceptors (Lipinski definition) is 5. The summed E-state index contributed by atoms with van der Waals surface area (Å²) in [7, 11) is 1.85. The van der Waals surface area contributed by atoms with Gasteiger partial charge in [-0.3, -0.25) is 14.6 Å². The van der Waals surface area contributed by atoms with Crippen LogP contribution in [0.4, 0.5) is 24.5 Å². The molecule has 3 N–H and O–H groups in total. The monoisotopic (exact) mass is 563 g/mol. The van der Waals surface area contributed by atoms with Gasteiger partial charge < -0.3 is 15.5 Å². The summed E-state index contributed by atoms with van der Waals surface area (Å²) >= 11 is 5.90. The van der Waals surface area contributed by atoms with Gasteiger partial charge in [0, 0.05) is 42.9 Å². The average Bonchev–Trinajstić information content (AvgIpc) is 3.35. The lowest BCUT2D eigenvalue weighted by Crippen LogP contribution is -2.57. The molecule has 2 aromatic carbocycles. The first kappa shape index (κ1) is 27.7.